The SMILES string of the molecule is Cc1cccc(CCC(C)[C@H]2CC[C@H]3[C@@H]4CC=C5C[C@@H](O)CC[C@]5(C)[C@H]4CC[C@]23C)n1. The number of allylic oxidation sites excluding steroid dienone is 1. The van der Waals surface area contributed by atoms with Crippen molar-refractivity contribution < 1.29 is 5.11 Å². The van der Waals surface area contributed by atoms with Crippen LogP contribution in [0.4, 0.5) is 0 Å². The highest BCUT2D eigenvalue weighted by molar-refractivity contribution is 5.25. The molecule has 0 spiro atoms. The van der Waals surface area contributed by atoms with Crippen LogP contribution in [-0.2, 0) is 6.42 Å². The zero-order valence-electron chi connectivity index (χ0n) is 20.2. The largest absolute Gasteiger partial charge is 0.393 e. The monoisotopic (exact) mass is 421 g/mol. The molecule has 0 saturated heterocycles. The first kappa shape index (κ1) is 21.7. The van der Waals surface area contributed by atoms with Crippen molar-refractivity contribution in [2.24, 2.45) is 40.4 Å². The molecular weight excluding hydrogens is 378 g/mol. The Morgan fingerprint density at radius 1 is 1.10 bits per heavy atom. The van der Waals surface area contributed by atoms with Gasteiger partial charge in [-0.05, 0) is 124 Å². The summed E-state index contributed by atoms with van der Waals surface area (Å²) in [7, 11) is 0. The van der Waals surface area contributed by atoms with E-state index in [2.05, 4.69) is 52.0 Å². The number of rotatable bonds is 4. The van der Waals surface area contributed by atoms with Gasteiger partial charge in [0.15, 0.2) is 0 Å². The first-order valence-electron chi connectivity index (χ1n) is 13.1. The molecule has 0 aromatic carbocycles. The van der Waals surface area contributed by atoms with Crippen LogP contribution < -0.4 is 0 Å². The second-order valence-electron chi connectivity index (χ2n) is 12.2. The minimum atomic E-state index is -0.0932. The minimum Gasteiger partial charge on any atom is -0.393 e. The summed E-state index contributed by atoms with van der Waals surface area (Å²) in [6.45, 7) is 9.85. The molecule has 31 heavy (non-hydrogen) atoms. The fourth-order valence-electron chi connectivity index (χ4n) is 8.93. The van der Waals surface area contributed by atoms with Gasteiger partial charge >= 0.3 is 0 Å². The summed E-state index contributed by atoms with van der Waals surface area (Å²) in [6.07, 6.45) is 15.0. The van der Waals surface area contributed by atoms with Crippen LogP contribution in [0.25, 0.3) is 0 Å². The zero-order chi connectivity index (χ0) is 21.8. The van der Waals surface area contributed by atoms with Gasteiger partial charge in [-0.2, -0.15) is 0 Å². The van der Waals surface area contributed by atoms with Crippen LogP contribution in [0.3, 0.4) is 0 Å². The minimum absolute atomic E-state index is 0.0932. The molecule has 3 fully saturated rings. The van der Waals surface area contributed by atoms with E-state index in [4.69, 9.17) is 4.98 Å². The molecule has 0 amide bonds. The van der Waals surface area contributed by atoms with Crippen LogP contribution in [0.15, 0.2) is 29.8 Å². The van der Waals surface area contributed by atoms with Gasteiger partial charge in [0, 0.05) is 11.4 Å². The van der Waals surface area contributed by atoms with Crippen LogP contribution >= 0.6 is 0 Å². The van der Waals surface area contributed by atoms with Gasteiger partial charge in [-0.25, -0.2) is 0 Å². The van der Waals surface area contributed by atoms with Gasteiger partial charge in [-0.3, -0.25) is 4.98 Å². The number of aliphatic hydroxyl groups is 1. The predicted molar refractivity (Wildman–Crippen MR) is 128 cm³/mol. The Bertz CT molecular complexity index is 845. The van der Waals surface area contributed by atoms with Crippen molar-refractivity contribution in [3.63, 3.8) is 0 Å². The molecule has 170 valence electrons. The van der Waals surface area contributed by atoms with Crippen molar-refractivity contribution in [2.45, 2.75) is 98.0 Å². The van der Waals surface area contributed by atoms with Crippen molar-refractivity contribution in [3.05, 3.63) is 41.2 Å². The number of hydrogen-bond donors (Lipinski definition) is 1. The van der Waals surface area contributed by atoms with Crippen LogP contribution in [0, 0.1) is 47.3 Å². The standard InChI is InChI=1S/C29H43NO/c1-19(8-10-22-7-5-6-20(2)30-22)25-12-13-26-24-11-9-21-18-23(31)14-16-28(21,3)27(24)15-17-29(25,26)4/h5-7,9,19,23-27,31H,8,10-18H2,1-4H3/t19?,23-,24-,25+,26-,27-,28-,29+/m0/s1. The molecule has 1 heterocycles. The van der Waals surface area contributed by atoms with Crippen molar-refractivity contribution in [1.29, 1.82) is 0 Å². The van der Waals surface area contributed by atoms with E-state index >= 15 is 0 Å². The fourth-order valence-corrected chi connectivity index (χ4v) is 8.93. The third-order valence-corrected chi connectivity index (χ3v) is 10.6. The lowest BCUT2D eigenvalue weighted by Crippen LogP contribution is -2.50. The van der Waals surface area contributed by atoms with E-state index < -0.39 is 0 Å². The molecule has 2 nitrogen and oxygen atoms in total. The van der Waals surface area contributed by atoms with E-state index in [-0.39, 0.29) is 6.10 Å². The van der Waals surface area contributed by atoms with Crippen LogP contribution in [0.2, 0.25) is 0 Å². The molecule has 1 aromatic heterocycles. The molecule has 5 rings (SSSR count). The third kappa shape index (κ3) is 3.62. The second kappa shape index (κ2) is 8.01. The Morgan fingerprint density at radius 2 is 1.94 bits per heavy atom. The highest BCUT2D eigenvalue weighted by Crippen LogP contribution is 2.67. The number of fused-ring (bicyclic) bond motifs is 5. The maximum absolute atomic E-state index is 10.2. The lowest BCUT2D eigenvalue weighted by molar-refractivity contribution is -0.0571. The van der Waals surface area contributed by atoms with Crippen LogP contribution in [-0.4, -0.2) is 16.2 Å². The molecule has 1 N–H and O–H groups in total. The molecule has 0 aliphatic heterocycles. The van der Waals surface area contributed by atoms with Crippen molar-refractivity contribution in [2.75, 3.05) is 0 Å². The third-order valence-electron chi connectivity index (χ3n) is 10.6. The average molecular weight is 422 g/mol. The maximum Gasteiger partial charge on any atom is 0.0577 e. The lowest BCUT2D eigenvalue weighted by atomic mass is 9.47. The van der Waals surface area contributed by atoms with E-state index in [1.807, 2.05) is 0 Å². The molecule has 4 aliphatic rings. The highest BCUT2D eigenvalue weighted by atomic mass is 16.3. The van der Waals surface area contributed by atoms with Crippen molar-refractivity contribution in [1.82, 2.24) is 4.98 Å². The molecule has 1 aromatic rings. The summed E-state index contributed by atoms with van der Waals surface area (Å²) in [6, 6.07) is 6.47. The number of hydrogen-bond acceptors (Lipinski definition) is 2. The van der Waals surface area contributed by atoms with Gasteiger partial charge in [0.25, 0.3) is 0 Å². The number of aromatic nitrogens is 1. The number of pyridine rings is 1. The molecule has 0 bridgehead atoms. The summed E-state index contributed by atoms with van der Waals surface area (Å²) in [5.41, 5.74) is 4.91. The first-order valence-corrected chi connectivity index (χ1v) is 13.1. The van der Waals surface area contributed by atoms with Gasteiger partial charge < -0.3 is 5.11 Å². The number of aliphatic hydroxyl groups excluding tert-OH is 1. The Hall–Kier alpha value is -1.15. The maximum atomic E-state index is 10.2. The van der Waals surface area contributed by atoms with Crippen LogP contribution in [0.1, 0.15) is 89.9 Å². The van der Waals surface area contributed by atoms with Gasteiger partial charge in [0.1, 0.15) is 0 Å². The van der Waals surface area contributed by atoms with Crippen molar-refractivity contribution >= 4 is 0 Å². The first-order chi connectivity index (χ1) is 14.8. The molecule has 1 unspecified atom stereocenters. The van der Waals surface area contributed by atoms with E-state index in [1.165, 1.54) is 50.6 Å². The van der Waals surface area contributed by atoms with Crippen LogP contribution in [0.5, 0.6) is 0 Å². The highest BCUT2D eigenvalue weighted by Gasteiger charge is 2.59. The van der Waals surface area contributed by atoms with E-state index in [1.54, 1.807) is 5.57 Å². The second-order valence-corrected chi connectivity index (χ2v) is 12.2. The average Bonchev–Trinajstić information content (AvgIpc) is 3.10. The van der Waals surface area contributed by atoms with Gasteiger partial charge in [0.2, 0.25) is 0 Å². The zero-order valence-corrected chi connectivity index (χ0v) is 20.2. The Labute approximate surface area is 189 Å². The molecule has 3 saturated carbocycles. The summed E-state index contributed by atoms with van der Waals surface area (Å²) in [5.74, 6) is 4.28. The Balaban J connectivity index is 1.31. The summed E-state index contributed by atoms with van der Waals surface area (Å²) in [5, 5.41) is 10.2. The van der Waals surface area contributed by atoms with E-state index in [0.717, 1.165) is 54.5 Å². The fraction of sp³-hybridized carbons (Fsp3) is 0.759. The number of aryl methyl sites for hydroxylation is 2. The lowest BCUT2D eigenvalue weighted by Gasteiger charge is -2.58. The Morgan fingerprint density at radius 3 is 2.74 bits per heavy atom. The van der Waals surface area contributed by atoms with Gasteiger partial charge in [-0.1, -0.05) is 38.5 Å². The van der Waals surface area contributed by atoms with E-state index in [0.29, 0.717) is 10.8 Å². The number of nitrogens with zero attached hydrogens (tertiary/aromatic N) is 1. The predicted octanol–water partition coefficient (Wildman–Crippen LogP) is 6.90. The van der Waals surface area contributed by atoms with E-state index in [9.17, 15) is 5.11 Å². The van der Waals surface area contributed by atoms with Gasteiger partial charge in [0.05, 0.1) is 6.10 Å². The molecule has 2 heteroatoms. The smallest absolute Gasteiger partial charge is 0.0577 e. The topological polar surface area (TPSA) is 33.1 Å². The summed E-state index contributed by atoms with van der Waals surface area (Å²) < 4.78 is 0. The summed E-state index contributed by atoms with van der Waals surface area (Å²) in [4.78, 5) is 4.75. The van der Waals surface area contributed by atoms with Crippen molar-refractivity contribution in [3.8, 4) is 0 Å². The molecule has 0 radical (unpaired) electrons. The Kier molecular flexibility index (Phi) is 5.60. The molecule has 4 aliphatic carbocycles. The summed E-state index contributed by atoms with van der Waals surface area (Å²) >= 11 is 0. The van der Waals surface area contributed by atoms with Gasteiger partial charge in [-0.15, -0.1) is 0 Å². The molecule has 8 atom stereocenters. The normalized spacial score (nSPS) is 42.9. The quantitative estimate of drug-likeness (QED) is 0.536. The molecular formula is C29H43NO.